The van der Waals surface area contributed by atoms with Crippen molar-refractivity contribution in [1.29, 1.82) is 0 Å². The van der Waals surface area contributed by atoms with Gasteiger partial charge in [-0.2, -0.15) is 0 Å². The Bertz CT molecular complexity index is 874. The van der Waals surface area contributed by atoms with Crippen molar-refractivity contribution in [3.8, 4) is 0 Å². The van der Waals surface area contributed by atoms with Crippen molar-refractivity contribution < 1.29 is 14.1 Å². The maximum atomic E-state index is 13.3. The van der Waals surface area contributed by atoms with Crippen LogP contribution in [0.15, 0.2) is 10.6 Å². The molecule has 0 radical (unpaired) electrons. The summed E-state index contributed by atoms with van der Waals surface area (Å²) in [5.41, 5.74) is 2.29. The molecule has 8 heteroatoms. The number of fused-ring (bicyclic) bond motifs is 1. The van der Waals surface area contributed by atoms with Crippen LogP contribution in [0, 0.1) is 25.7 Å². The van der Waals surface area contributed by atoms with E-state index in [2.05, 4.69) is 29.3 Å². The van der Waals surface area contributed by atoms with Crippen LogP contribution in [0.5, 0.6) is 0 Å². The second-order valence-electron chi connectivity index (χ2n) is 7.83. The number of nitrogens with zero attached hydrogens (tertiary/aromatic N) is 4. The van der Waals surface area contributed by atoms with Crippen LogP contribution in [0.4, 0.5) is 4.79 Å². The van der Waals surface area contributed by atoms with Gasteiger partial charge in [0.15, 0.2) is 0 Å². The normalized spacial score (nSPS) is 19.7. The number of pyridine rings is 1. The van der Waals surface area contributed by atoms with Gasteiger partial charge in [0.1, 0.15) is 0 Å². The molecule has 1 saturated heterocycles. The van der Waals surface area contributed by atoms with Crippen molar-refractivity contribution in [2.24, 2.45) is 11.8 Å². The number of likely N-dealkylation sites (tertiary alicyclic amines) is 1. The summed E-state index contributed by atoms with van der Waals surface area (Å²) in [7, 11) is 3.42. The predicted octanol–water partition coefficient (Wildman–Crippen LogP) is 2.21. The van der Waals surface area contributed by atoms with Gasteiger partial charge < -0.3 is 19.6 Å². The smallest absolute Gasteiger partial charge is 0.317 e. The molecular weight excluding hydrogens is 346 g/mol. The first kappa shape index (κ1) is 19.1. The van der Waals surface area contributed by atoms with Gasteiger partial charge >= 0.3 is 6.03 Å². The van der Waals surface area contributed by atoms with E-state index < -0.39 is 0 Å². The van der Waals surface area contributed by atoms with E-state index in [-0.39, 0.29) is 23.9 Å². The molecule has 2 atom stereocenters. The number of aryl methyl sites for hydroxylation is 2. The highest BCUT2D eigenvalue weighted by Gasteiger charge is 2.39. The highest BCUT2D eigenvalue weighted by atomic mass is 16.5. The number of carbonyl (C=O) groups is 2. The Balaban J connectivity index is 1.90. The zero-order valence-corrected chi connectivity index (χ0v) is 16.7. The van der Waals surface area contributed by atoms with Crippen LogP contribution in [0.25, 0.3) is 11.1 Å². The van der Waals surface area contributed by atoms with E-state index in [0.717, 1.165) is 0 Å². The minimum Gasteiger partial charge on any atom is -0.336 e. The number of hydrogen-bond acceptors (Lipinski definition) is 5. The summed E-state index contributed by atoms with van der Waals surface area (Å²) < 4.78 is 5.25. The van der Waals surface area contributed by atoms with Crippen LogP contribution in [0.1, 0.15) is 35.6 Å². The van der Waals surface area contributed by atoms with Gasteiger partial charge in [0.05, 0.1) is 22.7 Å². The van der Waals surface area contributed by atoms with Gasteiger partial charge in [0, 0.05) is 38.8 Å². The van der Waals surface area contributed by atoms with E-state index in [0.29, 0.717) is 47.1 Å². The Morgan fingerprint density at radius 1 is 1.30 bits per heavy atom. The van der Waals surface area contributed by atoms with Gasteiger partial charge in [-0.05, 0) is 25.8 Å². The lowest BCUT2D eigenvalue weighted by Crippen LogP contribution is -2.46. The average Bonchev–Trinajstić information content (AvgIpc) is 3.17. The summed E-state index contributed by atoms with van der Waals surface area (Å²) in [6, 6.07) is 1.56. The third-order valence-corrected chi connectivity index (χ3v) is 5.20. The van der Waals surface area contributed by atoms with Gasteiger partial charge in [-0.1, -0.05) is 19.0 Å². The molecule has 2 unspecified atom stereocenters. The summed E-state index contributed by atoms with van der Waals surface area (Å²) in [5.74, 6) is 0.454. The Kier molecular flexibility index (Phi) is 5.08. The fourth-order valence-corrected chi connectivity index (χ4v) is 3.67. The summed E-state index contributed by atoms with van der Waals surface area (Å²) in [5, 5.41) is 7.66. The van der Waals surface area contributed by atoms with E-state index in [9.17, 15) is 9.59 Å². The average molecular weight is 373 g/mol. The molecule has 0 spiro atoms. The molecule has 3 heterocycles. The van der Waals surface area contributed by atoms with Gasteiger partial charge in [-0.25, -0.2) is 9.78 Å². The molecule has 0 bridgehead atoms. The number of urea groups is 1. The van der Waals surface area contributed by atoms with Crippen molar-refractivity contribution in [2.75, 3.05) is 27.2 Å². The van der Waals surface area contributed by atoms with E-state index in [1.807, 2.05) is 11.8 Å². The van der Waals surface area contributed by atoms with E-state index in [1.165, 1.54) is 4.90 Å². The third-order valence-electron chi connectivity index (χ3n) is 5.20. The molecule has 3 amide bonds. The molecule has 8 nitrogen and oxygen atoms in total. The molecule has 0 aromatic carbocycles. The zero-order chi connectivity index (χ0) is 19.9. The lowest BCUT2D eigenvalue weighted by Gasteiger charge is -2.24. The standard InChI is InChI=1S/C19H27N5O3/c1-10(2)14-8-24(9-15(14)21-19(26)23(5)6)18(25)13-7-11(3)20-17-16(13)12(4)22-27-17/h7,10,14-15H,8-9H2,1-6H3,(H,21,26). The minimum absolute atomic E-state index is 0.0779. The number of aromatic nitrogens is 2. The minimum atomic E-state index is -0.142. The van der Waals surface area contributed by atoms with Crippen LogP contribution in [0.2, 0.25) is 0 Å². The number of hydrogen-bond donors (Lipinski definition) is 1. The quantitative estimate of drug-likeness (QED) is 0.891. The molecule has 0 saturated carbocycles. The van der Waals surface area contributed by atoms with Gasteiger partial charge in [0.25, 0.3) is 11.6 Å². The highest BCUT2D eigenvalue weighted by molar-refractivity contribution is 6.06. The Morgan fingerprint density at radius 2 is 2.00 bits per heavy atom. The van der Waals surface area contributed by atoms with Gasteiger partial charge in [0.2, 0.25) is 0 Å². The van der Waals surface area contributed by atoms with Crippen LogP contribution < -0.4 is 5.32 Å². The maximum Gasteiger partial charge on any atom is 0.317 e. The van der Waals surface area contributed by atoms with Crippen molar-refractivity contribution in [3.05, 3.63) is 23.0 Å². The van der Waals surface area contributed by atoms with E-state index in [1.54, 1.807) is 27.1 Å². The second kappa shape index (κ2) is 7.17. The topological polar surface area (TPSA) is 91.6 Å². The molecule has 2 aromatic rings. The first-order valence-corrected chi connectivity index (χ1v) is 9.19. The Hall–Kier alpha value is -2.64. The van der Waals surface area contributed by atoms with Gasteiger partial charge in [-0.3, -0.25) is 4.79 Å². The fourth-order valence-electron chi connectivity index (χ4n) is 3.67. The molecule has 146 valence electrons. The fraction of sp³-hybridized carbons (Fsp3) is 0.579. The molecule has 2 aromatic heterocycles. The first-order chi connectivity index (χ1) is 12.7. The van der Waals surface area contributed by atoms with Crippen molar-refractivity contribution in [1.82, 2.24) is 25.3 Å². The number of nitrogens with one attached hydrogen (secondary N) is 1. The monoisotopic (exact) mass is 373 g/mol. The first-order valence-electron chi connectivity index (χ1n) is 9.19. The van der Waals surface area contributed by atoms with Crippen molar-refractivity contribution in [2.45, 2.75) is 33.7 Å². The third kappa shape index (κ3) is 3.61. The van der Waals surface area contributed by atoms with Crippen LogP contribution >= 0.6 is 0 Å². The lowest BCUT2D eigenvalue weighted by atomic mass is 9.91. The van der Waals surface area contributed by atoms with E-state index >= 15 is 0 Å². The van der Waals surface area contributed by atoms with Crippen LogP contribution in [0.3, 0.4) is 0 Å². The van der Waals surface area contributed by atoms with Crippen molar-refractivity contribution >= 4 is 23.0 Å². The molecule has 1 N–H and O–H groups in total. The van der Waals surface area contributed by atoms with Crippen molar-refractivity contribution in [3.63, 3.8) is 0 Å². The predicted molar refractivity (Wildman–Crippen MR) is 102 cm³/mol. The highest BCUT2D eigenvalue weighted by Crippen LogP contribution is 2.29. The molecule has 1 aliphatic rings. The number of carbonyl (C=O) groups excluding carboxylic acids is 2. The summed E-state index contributed by atoms with van der Waals surface area (Å²) in [6.45, 7) is 8.95. The van der Waals surface area contributed by atoms with E-state index in [4.69, 9.17) is 4.52 Å². The molecule has 1 fully saturated rings. The van der Waals surface area contributed by atoms with Gasteiger partial charge in [-0.15, -0.1) is 0 Å². The second-order valence-corrected chi connectivity index (χ2v) is 7.83. The summed E-state index contributed by atoms with van der Waals surface area (Å²) in [6.07, 6.45) is 0. The maximum absolute atomic E-state index is 13.3. The molecule has 3 rings (SSSR count). The SMILES string of the molecule is Cc1cc(C(=O)N2CC(NC(=O)N(C)C)C(C(C)C)C2)c2c(C)noc2n1. The zero-order valence-electron chi connectivity index (χ0n) is 16.7. The summed E-state index contributed by atoms with van der Waals surface area (Å²) >= 11 is 0. The molecule has 27 heavy (non-hydrogen) atoms. The molecule has 0 aliphatic carbocycles. The lowest BCUT2D eigenvalue weighted by molar-refractivity contribution is 0.0784. The summed E-state index contributed by atoms with van der Waals surface area (Å²) in [4.78, 5) is 33.1. The largest absolute Gasteiger partial charge is 0.336 e. The molecular formula is C19H27N5O3. The van der Waals surface area contributed by atoms with Crippen LogP contribution in [-0.2, 0) is 0 Å². The Morgan fingerprint density at radius 3 is 2.63 bits per heavy atom. The Labute approximate surface area is 158 Å². The number of amides is 3. The van der Waals surface area contributed by atoms with Crippen LogP contribution in [-0.4, -0.2) is 65.1 Å². The number of rotatable bonds is 3. The molecule has 1 aliphatic heterocycles.